The van der Waals surface area contributed by atoms with E-state index in [1.807, 2.05) is 0 Å². The molecule has 0 bridgehead atoms. The molecule has 122 valence electrons. The molecule has 0 radical (unpaired) electrons. The van der Waals surface area contributed by atoms with Gasteiger partial charge in [0.15, 0.2) is 0 Å². The highest BCUT2D eigenvalue weighted by Gasteiger charge is 2.19. The Balaban J connectivity index is 1.59. The summed E-state index contributed by atoms with van der Waals surface area (Å²) < 4.78 is 1.63. The number of anilines is 1. The molecule has 0 N–H and O–H groups in total. The number of nitro groups is 1. The van der Waals surface area contributed by atoms with Crippen molar-refractivity contribution in [3.05, 3.63) is 51.8 Å². The Kier molecular flexibility index (Phi) is 4.29. The zero-order valence-corrected chi connectivity index (χ0v) is 13.5. The standard InChI is InChI=1S/C16H21N5O2/c1-13-4-3-5-16(14(13)2)19-8-6-18(7-9-19)12-20-11-15(10-17-20)21(22)23/h3-5,10-11H,6-9,12H2,1-2H3. The Bertz CT molecular complexity index is 704. The predicted octanol–water partition coefficient (Wildman–Crippen LogP) is 2.19. The average Bonchev–Trinajstić information content (AvgIpc) is 3.00. The quantitative estimate of drug-likeness (QED) is 0.639. The highest BCUT2D eigenvalue weighted by atomic mass is 16.6. The maximum atomic E-state index is 10.7. The first-order valence-corrected chi connectivity index (χ1v) is 7.75. The number of aryl methyl sites for hydroxylation is 1. The molecule has 1 aromatic heterocycles. The van der Waals surface area contributed by atoms with Gasteiger partial charge in [0.1, 0.15) is 12.4 Å². The fraction of sp³-hybridized carbons (Fsp3) is 0.438. The Morgan fingerprint density at radius 3 is 2.61 bits per heavy atom. The lowest BCUT2D eigenvalue weighted by atomic mass is 10.1. The molecule has 3 rings (SSSR count). The van der Waals surface area contributed by atoms with Gasteiger partial charge in [0, 0.05) is 31.9 Å². The van der Waals surface area contributed by atoms with E-state index in [1.165, 1.54) is 29.2 Å². The van der Waals surface area contributed by atoms with Crippen LogP contribution in [0.4, 0.5) is 11.4 Å². The number of hydrogen-bond acceptors (Lipinski definition) is 5. The molecule has 0 aliphatic carbocycles. The summed E-state index contributed by atoms with van der Waals surface area (Å²) in [5, 5.41) is 14.8. The van der Waals surface area contributed by atoms with Crippen molar-refractivity contribution >= 4 is 11.4 Å². The minimum atomic E-state index is -0.415. The first-order chi connectivity index (χ1) is 11.0. The molecule has 23 heavy (non-hydrogen) atoms. The van der Waals surface area contributed by atoms with Crippen LogP contribution in [-0.2, 0) is 6.67 Å². The fourth-order valence-electron chi connectivity index (χ4n) is 2.94. The Morgan fingerprint density at radius 2 is 1.96 bits per heavy atom. The number of piperazine rings is 1. The molecular formula is C16H21N5O2. The predicted molar refractivity (Wildman–Crippen MR) is 88.6 cm³/mol. The fourth-order valence-corrected chi connectivity index (χ4v) is 2.94. The molecule has 1 aliphatic heterocycles. The van der Waals surface area contributed by atoms with Gasteiger partial charge in [-0.3, -0.25) is 19.7 Å². The topological polar surface area (TPSA) is 67.4 Å². The van der Waals surface area contributed by atoms with Crippen LogP contribution in [0.15, 0.2) is 30.6 Å². The average molecular weight is 315 g/mol. The van der Waals surface area contributed by atoms with Gasteiger partial charge in [-0.25, -0.2) is 0 Å². The Labute approximate surface area is 135 Å². The van der Waals surface area contributed by atoms with E-state index in [1.54, 1.807) is 4.68 Å². The van der Waals surface area contributed by atoms with E-state index < -0.39 is 4.92 Å². The SMILES string of the molecule is Cc1cccc(N2CCN(Cn3cc([N+](=O)[O-])cn3)CC2)c1C. The summed E-state index contributed by atoms with van der Waals surface area (Å²) in [7, 11) is 0. The second-order valence-corrected chi connectivity index (χ2v) is 5.96. The summed E-state index contributed by atoms with van der Waals surface area (Å²) >= 11 is 0. The largest absolute Gasteiger partial charge is 0.369 e. The van der Waals surface area contributed by atoms with E-state index in [4.69, 9.17) is 0 Å². The van der Waals surface area contributed by atoms with Crippen molar-refractivity contribution in [2.75, 3.05) is 31.1 Å². The second kappa shape index (κ2) is 6.37. The smallest absolute Gasteiger partial charge is 0.307 e. The lowest BCUT2D eigenvalue weighted by Crippen LogP contribution is -2.47. The molecule has 0 atom stereocenters. The molecule has 0 saturated carbocycles. The number of benzene rings is 1. The van der Waals surface area contributed by atoms with E-state index in [0.29, 0.717) is 6.67 Å². The van der Waals surface area contributed by atoms with E-state index >= 15 is 0 Å². The number of nitrogens with zero attached hydrogens (tertiary/aromatic N) is 5. The van der Waals surface area contributed by atoms with E-state index in [9.17, 15) is 10.1 Å². The molecule has 0 unspecified atom stereocenters. The number of aromatic nitrogens is 2. The maximum absolute atomic E-state index is 10.7. The zero-order chi connectivity index (χ0) is 16.4. The molecule has 0 spiro atoms. The number of rotatable bonds is 4. The van der Waals surface area contributed by atoms with Crippen molar-refractivity contribution in [3.63, 3.8) is 0 Å². The minimum Gasteiger partial charge on any atom is -0.369 e. The molecule has 0 amide bonds. The summed E-state index contributed by atoms with van der Waals surface area (Å²) in [4.78, 5) is 15.0. The van der Waals surface area contributed by atoms with Crippen molar-refractivity contribution in [2.45, 2.75) is 20.5 Å². The van der Waals surface area contributed by atoms with Crippen molar-refractivity contribution in [1.82, 2.24) is 14.7 Å². The first kappa shape index (κ1) is 15.5. The molecule has 1 fully saturated rings. The highest BCUT2D eigenvalue weighted by Crippen LogP contribution is 2.24. The molecule has 2 aromatic rings. The number of hydrogen-bond donors (Lipinski definition) is 0. The van der Waals surface area contributed by atoms with Crippen LogP contribution < -0.4 is 4.90 Å². The lowest BCUT2D eigenvalue weighted by molar-refractivity contribution is -0.385. The van der Waals surface area contributed by atoms with Gasteiger partial charge in [-0.1, -0.05) is 12.1 Å². The van der Waals surface area contributed by atoms with Gasteiger partial charge in [-0.2, -0.15) is 5.10 Å². The summed E-state index contributed by atoms with van der Waals surface area (Å²) in [5.41, 5.74) is 4.00. The molecular weight excluding hydrogens is 294 g/mol. The van der Waals surface area contributed by atoms with Gasteiger partial charge in [0.2, 0.25) is 0 Å². The van der Waals surface area contributed by atoms with Crippen molar-refractivity contribution < 1.29 is 4.92 Å². The second-order valence-electron chi connectivity index (χ2n) is 5.96. The molecule has 2 heterocycles. The molecule has 7 heteroatoms. The maximum Gasteiger partial charge on any atom is 0.307 e. The van der Waals surface area contributed by atoms with Crippen LogP contribution in [0.1, 0.15) is 11.1 Å². The van der Waals surface area contributed by atoms with Crippen molar-refractivity contribution in [1.29, 1.82) is 0 Å². The summed E-state index contributed by atoms with van der Waals surface area (Å²) in [6.07, 6.45) is 2.78. The van der Waals surface area contributed by atoms with Crippen LogP contribution in [0.2, 0.25) is 0 Å². The van der Waals surface area contributed by atoms with Crippen LogP contribution in [0.25, 0.3) is 0 Å². The van der Waals surface area contributed by atoms with Crippen LogP contribution in [-0.4, -0.2) is 45.8 Å². The van der Waals surface area contributed by atoms with Gasteiger partial charge in [-0.15, -0.1) is 0 Å². The molecule has 1 aromatic carbocycles. The lowest BCUT2D eigenvalue weighted by Gasteiger charge is -2.36. The van der Waals surface area contributed by atoms with E-state index in [2.05, 4.69) is 46.9 Å². The summed E-state index contributed by atoms with van der Waals surface area (Å²) in [6.45, 7) is 8.64. The van der Waals surface area contributed by atoms with Gasteiger partial charge in [0.05, 0.1) is 11.6 Å². The first-order valence-electron chi connectivity index (χ1n) is 7.75. The third-order valence-corrected chi connectivity index (χ3v) is 4.46. The van der Waals surface area contributed by atoms with Gasteiger partial charge < -0.3 is 4.90 Å². The minimum absolute atomic E-state index is 0.0408. The normalized spacial score (nSPS) is 15.8. The molecule has 7 nitrogen and oxygen atoms in total. The Morgan fingerprint density at radius 1 is 1.22 bits per heavy atom. The van der Waals surface area contributed by atoms with Crippen LogP contribution in [0.3, 0.4) is 0 Å². The Hall–Kier alpha value is -2.41. The monoisotopic (exact) mass is 315 g/mol. The van der Waals surface area contributed by atoms with Gasteiger partial charge in [-0.05, 0) is 31.0 Å². The van der Waals surface area contributed by atoms with Crippen LogP contribution in [0, 0.1) is 24.0 Å². The third kappa shape index (κ3) is 3.34. The summed E-state index contributed by atoms with van der Waals surface area (Å²) in [6, 6.07) is 6.42. The van der Waals surface area contributed by atoms with Crippen molar-refractivity contribution in [2.24, 2.45) is 0 Å². The molecule has 1 aliphatic rings. The highest BCUT2D eigenvalue weighted by molar-refractivity contribution is 5.56. The van der Waals surface area contributed by atoms with Gasteiger partial charge in [0.25, 0.3) is 0 Å². The zero-order valence-electron chi connectivity index (χ0n) is 13.5. The van der Waals surface area contributed by atoms with Crippen LogP contribution in [0.5, 0.6) is 0 Å². The van der Waals surface area contributed by atoms with Gasteiger partial charge >= 0.3 is 5.69 Å². The third-order valence-electron chi connectivity index (χ3n) is 4.46. The van der Waals surface area contributed by atoms with Crippen molar-refractivity contribution in [3.8, 4) is 0 Å². The molecule has 1 saturated heterocycles. The summed E-state index contributed by atoms with van der Waals surface area (Å²) in [5.74, 6) is 0. The van der Waals surface area contributed by atoms with E-state index in [-0.39, 0.29) is 5.69 Å². The van der Waals surface area contributed by atoms with Crippen LogP contribution >= 0.6 is 0 Å². The van der Waals surface area contributed by atoms with E-state index in [0.717, 1.165) is 26.2 Å².